The Kier molecular flexibility index (Phi) is 7.25. The van der Waals surface area contributed by atoms with Gasteiger partial charge in [-0.25, -0.2) is 0 Å². The lowest BCUT2D eigenvalue weighted by atomic mass is 9.93. The maximum Gasteiger partial charge on any atom is 0.244 e. The van der Waals surface area contributed by atoms with E-state index in [-0.39, 0.29) is 11.8 Å². The first-order chi connectivity index (χ1) is 11.6. The molecule has 1 atom stereocenters. The number of carbonyl (C=O) groups excluding carboxylic acids is 2. The van der Waals surface area contributed by atoms with Gasteiger partial charge in [0.05, 0.1) is 0 Å². The molecule has 1 unspecified atom stereocenters. The first-order valence-electron chi connectivity index (χ1n) is 8.81. The van der Waals surface area contributed by atoms with E-state index in [1.165, 1.54) is 0 Å². The second-order valence-corrected chi connectivity index (χ2v) is 6.77. The normalized spacial score (nSPS) is 16.4. The monoisotopic (exact) mass is 331 g/mol. The van der Waals surface area contributed by atoms with Crippen molar-refractivity contribution in [3.8, 4) is 0 Å². The Balaban J connectivity index is 1.88. The summed E-state index contributed by atoms with van der Waals surface area (Å²) in [6.45, 7) is 2.09. The van der Waals surface area contributed by atoms with Crippen molar-refractivity contribution in [2.24, 2.45) is 5.92 Å². The predicted octanol–water partition coefficient (Wildman–Crippen LogP) is 1.58. The van der Waals surface area contributed by atoms with Crippen LogP contribution in [-0.4, -0.2) is 49.9 Å². The average molecular weight is 331 g/mol. The SMILES string of the molecule is CN(C)C(=O)C(Cc1ccccc1)NC(=O)CCC1CCNCC1. The van der Waals surface area contributed by atoms with Gasteiger partial charge in [-0.15, -0.1) is 0 Å². The van der Waals surface area contributed by atoms with E-state index in [2.05, 4.69) is 10.6 Å². The molecule has 1 fully saturated rings. The molecule has 2 N–H and O–H groups in total. The lowest BCUT2D eigenvalue weighted by molar-refractivity contribution is -0.134. The third-order valence-electron chi connectivity index (χ3n) is 4.60. The van der Waals surface area contributed by atoms with Gasteiger partial charge >= 0.3 is 0 Å². The van der Waals surface area contributed by atoms with Crippen LogP contribution in [0.2, 0.25) is 0 Å². The predicted molar refractivity (Wildman–Crippen MR) is 95.6 cm³/mol. The summed E-state index contributed by atoms with van der Waals surface area (Å²) in [5.74, 6) is 0.535. The summed E-state index contributed by atoms with van der Waals surface area (Å²) in [6, 6.07) is 9.32. The molecule has 1 aliphatic rings. The first kappa shape index (κ1) is 18.5. The van der Waals surface area contributed by atoms with Crippen LogP contribution >= 0.6 is 0 Å². The number of hydrogen-bond donors (Lipinski definition) is 2. The van der Waals surface area contributed by atoms with E-state index in [0.29, 0.717) is 18.8 Å². The Bertz CT molecular complexity index is 525. The van der Waals surface area contributed by atoms with Crippen LogP contribution in [0.4, 0.5) is 0 Å². The molecular weight excluding hydrogens is 302 g/mol. The lowest BCUT2D eigenvalue weighted by Crippen LogP contribution is -2.47. The van der Waals surface area contributed by atoms with Gasteiger partial charge in [-0.1, -0.05) is 30.3 Å². The first-order valence-corrected chi connectivity index (χ1v) is 8.81. The fraction of sp³-hybridized carbons (Fsp3) is 0.579. The van der Waals surface area contributed by atoms with Gasteiger partial charge in [0.1, 0.15) is 6.04 Å². The quantitative estimate of drug-likeness (QED) is 0.797. The Morgan fingerprint density at radius 1 is 1.21 bits per heavy atom. The van der Waals surface area contributed by atoms with Gasteiger partial charge in [0.2, 0.25) is 11.8 Å². The summed E-state index contributed by atoms with van der Waals surface area (Å²) in [5, 5.41) is 6.28. The van der Waals surface area contributed by atoms with Gasteiger partial charge in [0.15, 0.2) is 0 Å². The van der Waals surface area contributed by atoms with Gasteiger partial charge < -0.3 is 15.5 Å². The summed E-state index contributed by atoms with van der Waals surface area (Å²) >= 11 is 0. The Hall–Kier alpha value is -1.88. The second kappa shape index (κ2) is 9.42. The zero-order chi connectivity index (χ0) is 17.4. The number of rotatable bonds is 7. The number of carbonyl (C=O) groups is 2. The minimum atomic E-state index is -0.497. The highest BCUT2D eigenvalue weighted by atomic mass is 16.2. The van der Waals surface area contributed by atoms with Crippen molar-refractivity contribution in [2.75, 3.05) is 27.2 Å². The Labute approximate surface area is 144 Å². The molecule has 0 aliphatic carbocycles. The van der Waals surface area contributed by atoms with E-state index in [0.717, 1.165) is 37.9 Å². The van der Waals surface area contributed by atoms with E-state index >= 15 is 0 Å². The summed E-state index contributed by atoms with van der Waals surface area (Å²) < 4.78 is 0. The second-order valence-electron chi connectivity index (χ2n) is 6.77. The molecule has 1 aromatic carbocycles. The molecule has 0 aromatic heterocycles. The van der Waals surface area contributed by atoms with Gasteiger partial charge in [0, 0.05) is 26.9 Å². The smallest absolute Gasteiger partial charge is 0.244 e. The molecule has 2 rings (SSSR count). The molecule has 132 valence electrons. The minimum absolute atomic E-state index is 0.0235. The number of hydrogen-bond acceptors (Lipinski definition) is 3. The molecule has 0 bridgehead atoms. The van der Waals surface area contributed by atoms with Gasteiger partial charge in [-0.2, -0.15) is 0 Å². The van der Waals surface area contributed by atoms with Crippen LogP contribution in [0.25, 0.3) is 0 Å². The molecular formula is C19H29N3O2. The van der Waals surface area contributed by atoms with E-state index in [1.54, 1.807) is 19.0 Å². The standard InChI is InChI=1S/C19H29N3O2/c1-22(2)19(24)17(14-16-6-4-3-5-7-16)21-18(23)9-8-15-10-12-20-13-11-15/h3-7,15,17,20H,8-14H2,1-2H3,(H,21,23). The highest BCUT2D eigenvalue weighted by Gasteiger charge is 2.23. The molecule has 0 saturated carbocycles. The molecule has 2 amide bonds. The number of piperidine rings is 1. The molecule has 5 nitrogen and oxygen atoms in total. The minimum Gasteiger partial charge on any atom is -0.347 e. The largest absolute Gasteiger partial charge is 0.347 e. The van der Waals surface area contributed by atoms with Gasteiger partial charge in [-0.3, -0.25) is 9.59 Å². The summed E-state index contributed by atoms with van der Waals surface area (Å²) in [6.07, 6.45) is 4.20. The maximum absolute atomic E-state index is 12.4. The molecule has 0 spiro atoms. The van der Waals surface area contributed by atoms with E-state index in [1.807, 2.05) is 30.3 Å². The highest BCUT2D eigenvalue weighted by Crippen LogP contribution is 2.17. The van der Waals surface area contributed by atoms with Crippen molar-refractivity contribution in [3.63, 3.8) is 0 Å². The van der Waals surface area contributed by atoms with Crippen LogP contribution in [0, 0.1) is 5.92 Å². The third-order valence-corrected chi connectivity index (χ3v) is 4.60. The van der Waals surface area contributed by atoms with Crippen LogP contribution < -0.4 is 10.6 Å². The number of benzene rings is 1. The Morgan fingerprint density at radius 2 is 1.88 bits per heavy atom. The molecule has 1 saturated heterocycles. The molecule has 0 radical (unpaired) electrons. The van der Waals surface area contributed by atoms with Crippen LogP contribution in [0.5, 0.6) is 0 Å². The average Bonchev–Trinajstić information content (AvgIpc) is 2.60. The number of amides is 2. The van der Waals surface area contributed by atoms with Crippen molar-refractivity contribution >= 4 is 11.8 Å². The number of nitrogens with one attached hydrogen (secondary N) is 2. The van der Waals surface area contributed by atoms with Crippen LogP contribution in [-0.2, 0) is 16.0 Å². The third kappa shape index (κ3) is 5.96. The highest BCUT2D eigenvalue weighted by molar-refractivity contribution is 5.87. The fourth-order valence-corrected chi connectivity index (χ4v) is 3.13. The summed E-state index contributed by atoms with van der Waals surface area (Å²) in [4.78, 5) is 26.2. The van der Waals surface area contributed by atoms with Crippen molar-refractivity contribution in [3.05, 3.63) is 35.9 Å². The van der Waals surface area contributed by atoms with E-state index < -0.39 is 6.04 Å². The van der Waals surface area contributed by atoms with E-state index in [4.69, 9.17) is 0 Å². The molecule has 24 heavy (non-hydrogen) atoms. The molecule has 5 heteroatoms. The van der Waals surface area contributed by atoms with Crippen LogP contribution in [0.15, 0.2) is 30.3 Å². The lowest BCUT2D eigenvalue weighted by Gasteiger charge is -2.24. The van der Waals surface area contributed by atoms with Gasteiger partial charge in [0.25, 0.3) is 0 Å². The zero-order valence-electron chi connectivity index (χ0n) is 14.8. The molecule has 1 aromatic rings. The van der Waals surface area contributed by atoms with Crippen molar-refractivity contribution < 1.29 is 9.59 Å². The summed E-state index contributed by atoms with van der Waals surface area (Å²) in [7, 11) is 3.45. The number of likely N-dealkylation sites (N-methyl/N-ethyl adjacent to an activating group) is 1. The van der Waals surface area contributed by atoms with Crippen LogP contribution in [0.1, 0.15) is 31.2 Å². The van der Waals surface area contributed by atoms with Crippen molar-refractivity contribution in [2.45, 2.75) is 38.1 Å². The number of nitrogens with zero attached hydrogens (tertiary/aromatic N) is 1. The molecule has 1 heterocycles. The van der Waals surface area contributed by atoms with E-state index in [9.17, 15) is 9.59 Å². The van der Waals surface area contributed by atoms with Crippen molar-refractivity contribution in [1.82, 2.24) is 15.5 Å². The fourth-order valence-electron chi connectivity index (χ4n) is 3.13. The molecule has 1 aliphatic heterocycles. The Morgan fingerprint density at radius 3 is 2.50 bits per heavy atom. The topological polar surface area (TPSA) is 61.4 Å². The zero-order valence-corrected chi connectivity index (χ0v) is 14.8. The maximum atomic E-state index is 12.4. The van der Waals surface area contributed by atoms with Gasteiger partial charge in [-0.05, 0) is 43.8 Å². The van der Waals surface area contributed by atoms with Crippen LogP contribution in [0.3, 0.4) is 0 Å². The summed E-state index contributed by atoms with van der Waals surface area (Å²) in [5.41, 5.74) is 1.05. The van der Waals surface area contributed by atoms with Crippen molar-refractivity contribution in [1.29, 1.82) is 0 Å².